The first-order valence-corrected chi connectivity index (χ1v) is 8.19. The molecule has 0 N–H and O–H groups in total. The highest BCUT2D eigenvalue weighted by Gasteiger charge is 2.41. The Balaban J connectivity index is 3.39. The van der Waals surface area contributed by atoms with Crippen LogP contribution in [-0.2, 0) is 23.3 Å². The summed E-state index contributed by atoms with van der Waals surface area (Å²) < 4.78 is 41.8. The summed E-state index contributed by atoms with van der Waals surface area (Å²) in [6.45, 7) is 0. The van der Waals surface area contributed by atoms with Crippen LogP contribution in [0.4, 0.5) is 0 Å². The fourth-order valence-corrected chi connectivity index (χ4v) is 4.21. The van der Waals surface area contributed by atoms with E-state index in [4.69, 9.17) is 18.8 Å². The molecule has 104 valence electrons. The lowest BCUT2D eigenvalue weighted by molar-refractivity contribution is 0.140. The average Bonchev–Trinajstić information content (AvgIpc) is 2.42. The molecule has 0 amide bonds. The van der Waals surface area contributed by atoms with E-state index >= 15 is 0 Å². The van der Waals surface area contributed by atoms with Gasteiger partial charge in [0.25, 0.3) is 10.0 Å². The van der Waals surface area contributed by atoms with Crippen molar-refractivity contribution in [3.05, 3.63) is 34.7 Å². The number of hydrogen-bond acceptors (Lipinski definition) is 5. The lowest BCUT2D eigenvalue weighted by Gasteiger charge is -2.24. The van der Waals surface area contributed by atoms with Gasteiger partial charge in [0, 0.05) is 35.9 Å². The van der Waals surface area contributed by atoms with Gasteiger partial charge in [-0.2, -0.15) is 0 Å². The molecule has 0 heterocycles. The molecule has 1 aromatic carbocycles. The third kappa shape index (κ3) is 3.12. The van der Waals surface area contributed by atoms with Crippen molar-refractivity contribution in [2.24, 2.45) is 4.52 Å². The molecular weight excluding hydrogens is 290 g/mol. The first kappa shape index (κ1) is 15.6. The van der Waals surface area contributed by atoms with Crippen LogP contribution >= 0.6 is 0 Å². The molecular formula is C9H13N3O5SSi. The Labute approximate surface area is 112 Å². The maximum atomic E-state index is 11.6. The highest BCUT2D eigenvalue weighted by atomic mass is 32.2. The van der Waals surface area contributed by atoms with Crippen LogP contribution in [0.3, 0.4) is 0 Å². The maximum Gasteiger partial charge on any atom is 0.536 e. The van der Waals surface area contributed by atoms with Crippen molar-refractivity contribution in [3.8, 4) is 0 Å². The molecule has 0 spiro atoms. The van der Waals surface area contributed by atoms with Crippen LogP contribution in [-0.4, -0.2) is 38.6 Å². The van der Waals surface area contributed by atoms with Gasteiger partial charge in [-0.25, -0.2) is 8.42 Å². The second kappa shape index (κ2) is 6.15. The molecule has 10 heteroatoms. The van der Waals surface area contributed by atoms with Gasteiger partial charge in [0.15, 0.2) is 0 Å². The van der Waals surface area contributed by atoms with Crippen molar-refractivity contribution < 1.29 is 21.7 Å². The highest BCUT2D eigenvalue weighted by Crippen LogP contribution is 2.14. The van der Waals surface area contributed by atoms with Crippen LogP contribution in [0.25, 0.3) is 10.4 Å². The fourth-order valence-electron chi connectivity index (χ4n) is 1.55. The minimum absolute atomic E-state index is 0.147. The van der Waals surface area contributed by atoms with Gasteiger partial charge in [0.1, 0.15) is 0 Å². The predicted octanol–water partition coefficient (Wildman–Crippen LogP) is 0.771. The minimum atomic E-state index is -4.05. The summed E-state index contributed by atoms with van der Waals surface area (Å²) in [5, 5.41) is 0.453. The minimum Gasteiger partial charge on any atom is -0.373 e. The summed E-state index contributed by atoms with van der Waals surface area (Å²) in [7, 11) is -2.95. The van der Waals surface area contributed by atoms with Crippen molar-refractivity contribution in [1.29, 1.82) is 0 Å². The van der Waals surface area contributed by atoms with E-state index in [-0.39, 0.29) is 4.90 Å². The van der Waals surface area contributed by atoms with Crippen LogP contribution in [0, 0.1) is 0 Å². The summed E-state index contributed by atoms with van der Waals surface area (Å²) in [4.78, 5) is 2.14. The standard InChI is InChI=1S/C9H13N3O5SSi/c1-15-19(16-2,17-3)9-6-4-5-8(7-9)18(13,14)12-11-10/h4-7H,1-3H3. The highest BCUT2D eigenvalue weighted by molar-refractivity contribution is 7.90. The van der Waals surface area contributed by atoms with E-state index in [2.05, 4.69) is 9.43 Å². The van der Waals surface area contributed by atoms with Crippen molar-refractivity contribution in [2.45, 2.75) is 4.90 Å². The van der Waals surface area contributed by atoms with Gasteiger partial charge < -0.3 is 13.3 Å². The van der Waals surface area contributed by atoms with E-state index in [1.165, 1.54) is 39.5 Å². The third-order valence-corrected chi connectivity index (χ3v) is 6.20. The summed E-state index contributed by atoms with van der Waals surface area (Å²) in [5.41, 5.74) is 8.24. The zero-order valence-electron chi connectivity index (χ0n) is 10.6. The molecule has 0 saturated carbocycles. The average molecular weight is 303 g/mol. The molecule has 8 nitrogen and oxygen atoms in total. The van der Waals surface area contributed by atoms with Crippen molar-refractivity contribution >= 4 is 24.0 Å². The number of hydrogen-bond donors (Lipinski definition) is 0. The molecule has 0 radical (unpaired) electrons. The zero-order chi connectivity index (χ0) is 14.5. The van der Waals surface area contributed by atoms with E-state index in [0.717, 1.165) is 0 Å². The van der Waals surface area contributed by atoms with Gasteiger partial charge in [-0.1, -0.05) is 12.1 Å². The van der Waals surface area contributed by atoms with Crippen LogP contribution < -0.4 is 5.19 Å². The lowest BCUT2D eigenvalue weighted by atomic mass is 10.4. The van der Waals surface area contributed by atoms with Crippen molar-refractivity contribution in [1.82, 2.24) is 0 Å². The molecule has 0 aromatic heterocycles. The van der Waals surface area contributed by atoms with Crippen LogP contribution in [0.1, 0.15) is 0 Å². The number of azide groups is 1. The molecule has 0 aliphatic rings. The van der Waals surface area contributed by atoms with E-state index < -0.39 is 18.8 Å². The van der Waals surface area contributed by atoms with Gasteiger partial charge in [0.05, 0.1) is 4.90 Å². The van der Waals surface area contributed by atoms with E-state index in [1.807, 2.05) is 0 Å². The molecule has 0 unspecified atom stereocenters. The molecule has 0 saturated heterocycles. The van der Waals surface area contributed by atoms with Crippen LogP contribution in [0.2, 0.25) is 0 Å². The van der Waals surface area contributed by atoms with Crippen LogP contribution in [0.15, 0.2) is 33.7 Å². The van der Waals surface area contributed by atoms with Gasteiger partial charge >= 0.3 is 8.80 Å². The second-order valence-electron chi connectivity index (χ2n) is 3.34. The normalized spacial score (nSPS) is 11.9. The Morgan fingerprint density at radius 1 is 1.21 bits per heavy atom. The summed E-state index contributed by atoms with van der Waals surface area (Å²) in [6.07, 6.45) is 0. The summed E-state index contributed by atoms with van der Waals surface area (Å²) in [6, 6.07) is 5.74. The molecule has 1 aromatic rings. The Hall–Kier alpha value is -1.42. The van der Waals surface area contributed by atoms with Crippen molar-refractivity contribution in [3.63, 3.8) is 0 Å². The third-order valence-electron chi connectivity index (χ3n) is 2.44. The number of benzene rings is 1. The smallest absolute Gasteiger partial charge is 0.373 e. The van der Waals surface area contributed by atoms with E-state index in [0.29, 0.717) is 5.19 Å². The van der Waals surface area contributed by atoms with E-state index in [9.17, 15) is 8.42 Å². The van der Waals surface area contributed by atoms with Crippen molar-refractivity contribution in [2.75, 3.05) is 21.3 Å². The molecule has 0 bridgehead atoms. The largest absolute Gasteiger partial charge is 0.536 e. The van der Waals surface area contributed by atoms with Gasteiger partial charge in [-0.15, -0.1) is 0 Å². The van der Waals surface area contributed by atoms with Gasteiger partial charge in [-0.3, -0.25) is 0 Å². The van der Waals surface area contributed by atoms with Gasteiger partial charge in [-0.05, 0) is 17.7 Å². The molecule has 0 aliphatic heterocycles. The lowest BCUT2D eigenvalue weighted by Crippen LogP contribution is -2.54. The molecule has 0 atom stereocenters. The fraction of sp³-hybridized carbons (Fsp3) is 0.333. The van der Waals surface area contributed by atoms with Gasteiger partial charge in [0.2, 0.25) is 0 Å². The second-order valence-corrected chi connectivity index (χ2v) is 7.84. The zero-order valence-corrected chi connectivity index (χ0v) is 12.4. The Kier molecular flexibility index (Phi) is 5.06. The molecule has 0 aliphatic carbocycles. The summed E-state index contributed by atoms with van der Waals surface area (Å²) >= 11 is 0. The molecule has 1 rings (SSSR count). The molecule has 19 heavy (non-hydrogen) atoms. The summed E-state index contributed by atoms with van der Waals surface area (Å²) in [5.74, 6) is 0. The monoisotopic (exact) mass is 303 g/mol. The Morgan fingerprint density at radius 3 is 2.26 bits per heavy atom. The van der Waals surface area contributed by atoms with E-state index in [1.54, 1.807) is 6.07 Å². The topological polar surface area (TPSA) is 111 Å². The predicted molar refractivity (Wildman–Crippen MR) is 69.2 cm³/mol. The number of rotatable bonds is 6. The number of nitrogens with zero attached hydrogens (tertiary/aromatic N) is 3. The first-order valence-electron chi connectivity index (χ1n) is 5.03. The maximum absolute atomic E-state index is 11.6. The first-order chi connectivity index (χ1) is 8.95. The quantitative estimate of drug-likeness (QED) is 0.333. The Bertz CT molecular complexity index is 587. The SMILES string of the molecule is CO[Si](OC)(OC)c1cccc(S(=O)(=O)N=[N+]=[N-])c1. The number of sulfonamides is 1. The van der Waals surface area contributed by atoms with Crippen LogP contribution in [0.5, 0.6) is 0 Å². The molecule has 0 fully saturated rings. The Morgan fingerprint density at radius 2 is 1.79 bits per heavy atom.